The van der Waals surface area contributed by atoms with Crippen molar-refractivity contribution < 1.29 is 19.1 Å². The lowest BCUT2D eigenvalue weighted by atomic mass is 10.1. The van der Waals surface area contributed by atoms with Gasteiger partial charge in [0.2, 0.25) is 0 Å². The lowest BCUT2D eigenvalue weighted by Gasteiger charge is -2.08. The number of carbonyl (C=O) groups is 2. The molecule has 0 radical (unpaired) electrons. The number of hydrogen-bond acceptors (Lipinski definition) is 3. The number of halogens is 1. The van der Waals surface area contributed by atoms with Crippen LogP contribution in [0.4, 0.5) is 10.1 Å². The number of para-hydroxylation sites is 1. The third-order valence-electron chi connectivity index (χ3n) is 2.42. The SMILES string of the molecule is Cn1cnc(C(=O)Nc2c(F)cccc2C(=O)O)c1. The summed E-state index contributed by atoms with van der Waals surface area (Å²) >= 11 is 0. The maximum Gasteiger partial charge on any atom is 0.337 e. The zero-order valence-electron chi connectivity index (χ0n) is 9.92. The molecule has 0 bridgehead atoms. The Kier molecular flexibility index (Phi) is 3.28. The van der Waals surface area contributed by atoms with Crippen LogP contribution in [-0.2, 0) is 7.05 Å². The van der Waals surface area contributed by atoms with Gasteiger partial charge >= 0.3 is 5.97 Å². The zero-order valence-corrected chi connectivity index (χ0v) is 9.92. The van der Waals surface area contributed by atoms with Crippen LogP contribution in [0.1, 0.15) is 20.8 Å². The predicted octanol–water partition coefficient (Wildman–Crippen LogP) is 1.51. The lowest BCUT2D eigenvalue weighted by molar-refractivity contribution is 0.0697. The molecule has 1 heterocycles. The number of aryl methyl sites for hydroxylation is 1. The van der Waals surface area contributed by atoms with Gasteiger partial charge in [0.25, 0.3) is 5.91 Å². The van der Waals surface area contributed by atoms with Crippen LogP contribution in [0.3, 0.4) is 0 Å². The predicted molar refractivity (Wildman–Crippen MR) is 64.5 cm³/mol. The van der Waals surface area contributed by atoms with Gasteiger partial charge in [-0.15, -0.1) is 0 Å². The first kappa shape index (κ1) is 12.7. The number of imidazole rings is 1. The second-order valence-electron chi connectivity index (χ2n) is 3.85. The summed E-state index contributed by atoms with van der Waals surface area (Å²) in [6.07, 6.45) is 2.85. The number of carboxylic acid groups (broad SMARTS) is 1. The molecular formula is C12H10FN3O3. The molecule has 2 aromatic rings. The molecule has 1 aromatic carbocycles. The number of rotatable bonds is 3. The minimum absolute atomic E-state index is 0.0714. The van der Waals surface area contributed by atoms with E-state index in [-0.39, 0.29) is 16.9 Å². The summed E-state index contributed by atoms with van der Waals surface area (Å²) in [4.78, 5) is 26.6. The number of carboxylic acids is 1. The van der Waals surface area contributed by atoms with Crippen molar-refractivity contribution in [1.29, 1.82) is 0 Å². The Bertz CT molecular complexity index is 651. The number of amides is 1. The highest BCUT2D eigenvalue weighted by Crippen LogP contribution is 2.20. The van der Waals surface area contributed by atoms with E-state index in [1.165, 1.54) is 24.7 Å². The Balaban J connectivity index is 2.33. The van der Waals surface area contributed by atoms with Crippen molar-refractivity contribution in [1.82, 2.24) is 9.55 Å². The molecule has 0 atom stereocenters. The van der Waals surface area contributed by atoms with Crippen molar-refractivity contribution in [2.45, 2.75) is 0 Å². The molecule has 7 heteroatoms. The van der Waals surface area contributed by atoms with Crippen LogP contribution < -0.4 is 5.32 Å². The largest absolute Gasteiger partial charge is 0.478 e. The summed E-state index contributed by atoms with van der Waals surface area (Å²) in [6, 6.07) is 3.54. The third-order valence-corrected chi connectivity index (χ3v) is 2.42. The maximum absolute atomic E-state index is 13.6. The molecule has 2 rings (SSSR count). The first-order valence-corrected chi connectivity index (χ1v) is 5.30. The van der Waals surface area contributed by atoms with Crippen LogP contribution in [0.15, 0.2) is 30.7 Å². The lowest BCUT2D eigenvalue weighted by Crippen LogP contribution is -2.16. The highest BCUT2D eigenvalue weighted by atomic mass is 19.1. The van der Waals surface area contributed by atoms with Crippen molar-refractivity contribution in [2.24, 2.45) is 7.05 Å². The fraction of sp³-hybridized carbons (Fsp3) is 0.0833. The highest BCUT2D eigenvalue weighted by Gasteiger charge is 2.18. The van der Waals surface area contributed by atoms with Crippen LogP contribution in [-0.4, -0.2) is 26.5 Å². The van der Waals surface area contributed by atoms with E-state index < -0.39 is 17.7 Å². The molecule has 1 amide bonds. The molecule has 0 saturated heterocycles. The second-order valence-corrected chi connectivity index (χ2v) is 3.85. The molecule has 0 aliphatic heterocycles. The van der Waals surface area contributed by atoms with Crippen molar-refractivity contribution in [3.8, 4) is 0 Å². The molecule has 2 N–H and O–H groups in total. The van der Waals surface area contributed by atoms with Crippen LogP contribution in [0.5, 0.6) is 0 Å². The van der Waals surface area contributed by atoms with Gasteiger partial charge in [-0.1, -0.05) is 6.07 Å². The van der Waals surface area contributed by atoms with E-state index in [0.717, 1.165) is 6.07 Å². The molecule has 0 aliphatic rings. The van der Waals surface area contributed by atoms with Crippen LogP contribution in [0.25, 0.3) is 0 Å². The monoisotopic (exact) mass is 263 g/mol. The minimum Gasteiger partial charge on any atom is -0.478 e. The van der Waals surface area contributed by atoms with Gasteiger partial charge in [0, 0.05) is 13.2 Å². The molecule has 0 aliphatic carbocycles. The highest BCUT2D eigenvalue weighted by molar-refractivity contribution is 6.06. The molecular weight excluding hydrogens is 253 g/mol. The van der Waals surface area contributed by atoms with Gasteiger partial charge in [-0.2, -0.15) is 0 Å². The summed E-state index contributed by atoms with van der Waals surface area (Å²) in [5, 5.41) is 11.2. The third kappa shape index (κ3) is 2.59. The Hall–Kier alpha value is -2.70. The number of nitrogens with one attached hydrogen (secondary N) is 1. The van der Waals surface area contributed by atoms with Gasteiger partial charge in [-0.05, 0) is 12.1 Å². The number of anilines is 1. The van der Waals surface area contributed by atoms with Crippen LogP contribution in [0.2, 0.25) is 0 Å². The molecule has 19 heavy (non-hydrogen) atoms. The number of aromatic carboxylic acids is 1. The number of nitrogens with zero attached hydrogens (tertiary/aromatic N) is 2. The number of hydrogen-bond donors (Lipinski definition) is 2. The Morgan fingerprint density at radius 3 is 2.74 bits per heavy atom. The van der Waals surface area contributed by atoms with Crippen LogP contribution in [0, 0.1) is 5.82 Å². The fourth-order valence-electron chi connectivity index (χ4n) is 1.54. The average molecular weight is 263 g/mol. The molecule has 0 saturated carbocycles. The molecule has 6 nitrogen and oxygen atoms in total. The Labute approximate surface area is 107 Å². The first-order valence-electron chi connectivity index (χ1n) is 5.30. The van der Waals surface area contributed by atoms with Crippen molar-refractivity contribution >= 4 is 17.6 Å². The quantitative estimate of drug-likeness (QED) is 0.879. The van der Waals surface area contributed by atoms with Crippen molar-refractivity contribution in [3.05, 3.63) is 47.8 Å². The zero-order chi connectivity index (χ0) is 14.0. The minimum atomic E-state index is -1.32. The normalized spacial score (nSPS) is 10.2. The van der Waals surface area contributed by atoms with E-state index in [2.05, 4.69) is 10.3 Å². The molecule has 0 spiro atoms. The summed E-state index contributed by atoms with van der Waals surface area (Å²) in [6.45, 7) is 0. The van der Waals surface area contributed by atoms with E-state index in [9.17, 15) is 14.0 Å². The number of carbonyl (C=O) groups excluding carboxylic acids is 1. The van der Waals surface area contributed by atoms with Crippen LogP contribution >= 0.6 is 0 Å². The van der Waals surface area contributed by atoms with Gasteiger partial charge in [0.05, 0.1) is 17.6 Å². The van der Waals surface area contributed by atoms with Gasteiger partial charge in [-0.3, -0.25) is 4.79 Å². The van der Waals surface area contributed by atoms with Gasteiger partial charge in [-0.25, -0.2) is 14.2 Å². The van der Waals surface area contributed by atoms with Crippen molar-refractivity contribution in [3.63, 3.8) is 0 Å². The van der Waals surface area contributed by atoms with E-state index >= 15 is 0 Å². The fourth-order valence-corrected chi connectivity index (χ4v) is 1.54. The molecule has 98 valence electrons. The topological polar surface area (TPSA) is 84.2 Å². The first-order chi connectivity index (χ1) is 8.99. The standard InChI is InChI=1S/C12H10FN3O3/c1-16-5-9(14-6-16)11(17)15-10-7(12(18)19)3-2-4-8(10)13/h2-6H,1H3,(H,15,17)(H,18,19). The van der Waals surface area contributed by atoms with Gasteiger partial charge < -0.3 is 15.0 Å². The Morgan fingerprint density at radius 2 is 2.16 bits per heavy atom. The molecule has 0 unspecified atom stereocenters. The van der Waals surface area contributed by atoms with E-state index in [1.54, 1.807) is 11.6 Å². The molecule has 1 aromatic heterocycles. The summed E-state index contributed by atoms with van der Waals surface area (Å²) in [5.74, 6) is -2.81. The summed E-state index contributed by atoms with van der Waals surface area (Å²) in [5.41, 5.74) is -0.614. The molecule has 0 fully saturated rings. The second kappa shape index (κ2) is 4.89. The van der Waals surface area contributed by atoms with E-state index in [4.69, 9.17) is 5.11 Å². The van der Waals surface area contributed by atoms with E-state index in [0.29, 0.717) is 0 Å². The Morgan fingerprint density at radius 1 is 1.42 bits per heavy atom. The maximum atomic E-state index is 13.6. The number of benzene rings is 1. The summed E-state index contributed by atoms with van der Waals surface area (Å²) in [7, 11) is 1.68. The smallest absolute Gasteiger partial charge is 0.337 e. The van der Waals surface area contributed by atoms with E-state index in [1.807, 2.05) is 0 Å². The average Bonchev–Trinajstić information content (AvgIpc) is 2.78. The summed E-state index contributed by atoms with van der Waals surface area (Å²) < 4.78 is 15.1. The van der Waals surface area contributed by atoms with Gasteiger partial charge in [0.15, 0.2) is 0 Å². The van der Waals surface area contributed by atoms with Gasteiger partial charge in [0.1, 0.15) is 11.5 Å². The van der Waals surface area contributed by atoms with Crippen molar-refractivity contribution in [2.75, 3.05) is 5.32 Å². The number of aromatic nitrogens is 2.